The van der Waals surface area contributed by atoms with Crippen molar-refractivity contribution in [2.75, 3.05) is 0 Å². The van der Waals surface area contributed by atoms with Crippen LogP contribution >= 0.6 is 31.9 Å². The average molecular weight is 370 g/mol. The fourth-order valence-electron chi connectivity index (χ4n) is 0.608. The molecule has 1 aromatic carbocycles. The lowest BCUT2D eigenvalue weighted by molar-refractivity contribution is 1.41. The van der Waals surface area contributed by atoms with Gasteiger partial charge in [0, 0.05) is 8.95 Å². The Morgan fingerprint density at radius 3 is 1.29 bits per heavy atom. The Balaban J connectivity index is -0.0000000905. The molecule has 1 aromatic rings. The first kappa shape index (κ1) is 25.9. The Labute approximate surface area is 126 Å². The third-order valence-electron chi connectivity index (χ3n) is 1.12. The van der Waals surface area contributed by atoms with Crippen molar-refractivity contribution in [3.8, 4) is 0 Å². The van der Waals surface area contributed by atoms with Crippen molar-refractivity contribution < 1.29 is 0 Å². The molecule has 1 rings (SSSR count). The van der Waals surface area contributed by atoms with E-state index in [1.807, 2.05) is 67.5 Å². The van der Waals surface area contributed by atoms with Crippen LogP contribution < -0.4 is 0 Å². The molecule has 17 heavy (non-hydrogen) atoms. The van der Waals surface area contributed by atoms with Gasteiger partial charge in [-0.05, 0) is 30.7 Å². The molecule has 0 spiro atoms. The summed E-state index contributed by atoms with van der Waals surface area (Å²) in [6.07, 6.45) is 0. The summed E-state index contributed by atoms with van der Waals surface area (Å²) in [4.78, 5) is 0. The highest BCUT2D eigenvalue weighted by Crippen LogP contribution is 2.19. The lowest BCUT2D eigenvalue weighted by Crippen LogP contribution is -1.72. The van der Waals surface area contributed by atoms with Crippen LogP contribution in [0.5, 0.6) is 0 Å². The minimum absolute atomic E-state index is 1.13. The normalized spacial score (nSPS) is 6.53. The van der Waals surface area contributed by atoms with Gasteiger partial charge in [0.15, 0.2) is 0 Å². The van der Waals surface area contributed by atoms with Gasteiger partial charge in [0.2, 0.25) is 0 Å². The fraction of sp³-hybridized carbons (Fsp3) is 0.600. The Morgan fingerprint density at radius 2 is 1.06 bits per heavy atom. The van der Waals surface area contributed by atoms with Crippen LogP contribution in [0.4, 0.5) is 0 Å². The van der Waals surface area contributed by atoms with Crippen molar-refractivity contribution in [2.24, 2.45) is 0 Å². The Kier molecular flexibility index (Phi) is 38.3. The maximum absolute atomic E-state index is 3.41. The van der Waals surface area contributed by atoms with Gasteiger partial charge in [0.05, 0.1) is 0 Å². The third kappa shape index (κ3) is 18.7. The van der Waals surface area contributed by atoms with Crippen LogP contribution in [0.2, 0.25) is 0 Å². The summed E-state index contributed by atoms with van der Waals surface area (Å²) in [7, 11) is 0. The van der Waals surface area contributed by atoms with Crippen molar-refractivity contribution in [2.45, 2.75) is 62.3 Å². The highest BCUT2D eigenvalue weighted by molar-refractivity contribution is 9.11. The van der Waals surface area contributed by atoms with Crippen LogP contribution in [-0.2, 0) is 0 Å². The lowest BCUT2D eigenvalue weighted by atomic mass is 10.2. The number of rotatable bonds is 0. The van der Waals surface area contributed by atoms with Gasteiger partial charge in [-0.2, -0.15) is 0 Å². The van der Waals surface area contributed by atoms with Gasteiger partial charge in [-0.1, -0.05) is 87.2 Å². The van der Waals surface area contributed by atoms with Gasteiger partial charge in [-0.15, -0.1) is 0 Å². The summed E-state index contributed by atoms with van der Waals surface area (Å²) in [5.74, 6) is 0. The van der Waals surface area contributed by atoms with Gasteiger partial charge < -0.3 is 0 Å². The molecule has 0 saturated carbocycles. The monoisotopic (exact) mass is 368 g/mol. The maximum Gasteiger partial charge on any atom is 0.0205 e. The van der Waals surface area contributed by atoms with Gasteiger partial charge in [-0.3, -0.25) is 0 Å². The Bertz CT molecular complexity index is 220. The Morgan fingerprint density at radius 1 is 0.706 bits per heavy atom. The first-order chi connectivity index (χ1) is 8.20. The summed E-state index contributed by atoms with van der Waals surface area (Å²) in [6, 6.07) is 6.11. The van der Waals surface area contributed by atoms with E-state index in [0.29, 0.717) is 0 Å². The largest absolute Gasteiger partial charge is 0.0683 e. The number of hydrogen-bond acceptors (Lipinski definition) is 0. The summed E-state index contributed by atoms with van der Waals surface area (Å²) in [5.41, 5.74) is 1.25. The molecule has 104 valence electrons. The summed E-state index contributed by atoms with van der Waals surface area (Å²) < 4.78 is 2.29. The highest BCUT2D eigenvalue weighted by atomic mass is 79.9. The second-order valence-corrected chi connectivity index (χ2v) is 3.66. The Hall–Kier alpha value is 0.180. The zero-order valence-electron chi connectivity index (χ0n) is 13.0. The van der Waals surface area contributed by atoms with E-state index in [0.717, 1.165) is 8.95 Å². The van der Waals surface area contributed by atoms with Crippen LogP contribution in [-0.4, -0.2) is 0 Å². The smallest absolute Gasteiger partial charge is 0.0205 e. The van der Waals surface area contributed by atoms with E-state index < -0.39 is 0 Å². The van der Waals surface area contributed by atoms with Crippen LogP contribution in [0, 0.1) is 6.92 Å². The van der Waals surface area contributed by atoms with Crippen molar-refractivity contribution in [1.82, 2.24) is 0 Å². The molecule has 0 aliphatic carbocycles. The van der Waals surface area contributed by atoms with Gasteiger partial charge in [0.1, 0.15) is 0 Å². The van der Waals surface area contributed by atoms with Crippen LogP contribution in [0.1, 0.15) is 61.0 Å². The second-order valence-electron chi connectivity index (χ2n) is 1.89. The van der Waals surface area contributed by atoms with Crippen molar-refractivity contribution in [3.63, 3.8) is 0 Å². The zero-order chi connectivity index (χ0) is 14.9. The molecule has 0 unspecified atom stereocenters. The molecule has 2 heteroatoms. The van der Waals surface area contributed by atoms with Gasteiger partial charge in [0.25, 0.3) is 0 Å². The fourth-order valence-corrected chi connectivity index (χ4v) is 1.33. The van der Waals surface area contributed by atoms with Crippen LogP contribution in [0.25, 0.3) is 0 Å². The number of halogens is 2. The predicted octanol–water partition coefficient (Wildman–Crippen LogP) is 7.62. The third-order valence-corrected chi connectivity index (χ3v) is 2.50. The molecule has 0 radical (unpaired) electrons. The zero-order valence-corrected chi connectivity index (χ0v) is 16.2. The molecular formula is C15H30Br2. The van der Waals surface area contributed by atoms with E-state index in [2.05, 4.69) is 44.8 Å². The maximum atomic E-state index is 3.41. The van der Waals surface area contributed by atoms with E-state index in [4.69, 9.17) is 0 Å². The van der Waals surface area contributed by atoms with E-state index in [1.165, 1.54) is 5.56 Å². The quantitative estimate of drug-likeness (QED) is 0.441. The van der Waals surface area contributed by atoms with Crippen LogP contribution in [0.15, 0.2) is 27.1 Å². The minimum Gasteiger partial charge on any atom is -0.0683 e. The van der Waals surface area contributed by atoms with E-state index in [1.54, 1.807) is 0 Å². The molecular weight excluding hydrogens is 340 g/mol. The van der Waals surface area contributed by atoms with Gasteiger partial charge in [-0.25, -0.2) is 0 Å². The highest BCUT2D eigenvalue weighted by Gasteiger charge is 1.91. The summed E-state index contributed by atoms with van der Waals surface area (Å²) in [5, 5.41) is 0. The SMILES string of the molecule is CC.CC.CC.CC.Cc1cc(Br)ccc1Br. The molecule has 0 saturated heterocycles. The molecule has 0 aromatic heterocycles. The van der Waals surface area contributed by atoms with Crippen molar-refractivity contribution in [3.05, 3.63) is 32.7 Å². The molecule has 0 nitrogen and oxygen atoms in total. The second kappa shape index (κ2) is 25.1. The molecule has 0 amide bonds. The first-order valence-corrected chi connectivity index (χ1v) is 8.20. The van der Waals surface area contributed by atoms with E-state index in [9.17, 15) is 0 Å². The number of hydrogen-bond donors (Lipinski definition) is 0. The number of benzene rings is 1. The molecule has 0 aliphatic heterocycles. The molecule has 0 aliphatic rings. The summed E-state index contributed by atoms with van der Waals surface area (Å²) in [6.45, 7) is 18.1. The first-order valence-electron chi connectivity index (χ1n) is 6.62. The number of aryl methyl sites for hydroxylation is 1. The standard InChI is InChI=1S/C7H6Br2.4C2H6/c1-5-4-6(8)2-3-7(5)9;4*1-2/h2-4H,1H3;4*1-2H3. The van der Waals surface area contributed by atoms with Gasteiger partial charge >= 0.3 is 0 Å². The molecule has 0 N–H and O–H groups in total. The predicted molar refractivity (Wildman–Crippen MR) is 92.0 cm³/mol. The molecule has 0 bridgehead atoms. The van der Waals surface area contributed by atoms with Crippen molar-refractivity contribution >= 4 is 31.9 Å². The van der Waals surface area contributed by atoms with E-state index in [-0.39, 0.29) is 0 Å². The van der Waals surface area contributed by atoms with E-state index >= 15 is 0 Å². The van der Waals surface area contributed by atoms with Crippen LogP contribution in [0.3, 0.4) is 0 Å². The molecule has 0 fully saturated rings. The molecule has 0 atom stereocenters. The topological polar surface area (TPSA) is 0 Å². The lowest BCUT2D eigenvalue weighted by Gasteiger charge is -1.95. The summed E-state index contributed by atoms with van der Waals surface area (Å²) >= 11 is 6.78. The minimum atomic E-state index is 1.13. The average Bonchev–Trinajstić information content (AvgIpc) is 2.43. The molecule has 0 heterocycles. The van der Waals surface area contributed by atoms with Crippen molar-refractivity contribution in [1.29, 1.82) is 0 Å².